The number of amides is 1. The highest BCUT2D eigenvalue weighted by Gasteiger charge is 2.33. The number of likely N-dealkylation sites (tertiary alicyclic amines) is 1. The van der Waals surface area contributed by atoms with Gasteiger partial charge in [-0.3, -0.25) is 9.48 Å². The van der Waals surface area contributed by atoms with Crippen LogP contribution in [0.15, 0.2) is 18.2 Å². The molecule has 2 heterocycles. The van der Waals surface area contributed by atoms with Crippen LogP contribution in [0, 0.1) is 25.5 Å². The van der Waals surface area contributed by atoms with Gasteiger partial charge in [-0.05, 0) is 44.7 Å². The monoisotopic (exact) mass is 347 g/mol. The maximum Gasteiger partial charge on any atom is 0.223 e. The highest BCUT2D eigenvalue weighted by atomic mass is 19.2. The summed E-state index contributed by atoms with van der Waals surface area (Å²) in [6, 6.07) is 4.12. The van der Waals surface area contributed by atoms with E-state index in [4.69, 9.17) is 0 Å². The standard InChI is InChI=1S/C19H23F2N3O/c1-12-18(13(2)23(3)22-12)16-8-5-11-24(16)17(25)10-9-14-6-4-7-15(20)19(14)21/h4,6-7,16H,5,8-11H2,1-3H3/t16-/m1/s1. The SMILES string of the molecule is Cc1nn(C)c(C)c1[C@H]1CCCN1C(=O)CCc1cccc(F)c1F. The van der Waals surface area contributed by atoms with Crippen LogP contribution in [0.25, 0.3) is 0 Å². The van der Waals surface area contributed by atoms with Gasteiger partial charge in [0, 0.05) is 31.3 Å². The van der Waals surface area contributed by atoms with Gasteiger partial charge in [0.1, 0.15) is 0 Å². The van der Waals surface area contributed by atoms with Gasteiger partial charge in [0.15, 0.2) is 11.6 Å². The first-order valence-electron chi connectivity index (χ1n) is 8.62. The molecule has 1 saturated heterocycles. The predicted octanol–water partition coefficient (Wildman–Crippen LogP) is 3.61. The molecule has 0 radical (unpaired) electrons. The van der Waals surface area contributed by atoms with Gasteiger partial charge >= 0.3 is 0 Å². The van der Waals surface area contributed by atoms with Crippen molar-refractivity contribution in [3.63, 3.8) is 0 Å². The fraction of sp³-hybridized carbons (Fsp3) is 0.474. The fourth-order valence-electron chi connectivity index (χ4n) is 3.76. The number of carbonyl (C=O) groups is 1. The molecule has 1 atom stereocenters. The maximum atomic E-state index is 13.8. The Labute approximate surface area is 146 Å². The molecule has 1 aliphatic heterocycles. The van der Waals surface area contributed by atoms with Gasteiger partial charge in [-0.2, -0.15) is 5.10 Å². The summed E-state index contributed by atoms with van der Waals surface area (Å²) < 4.78 is 28.9. The third-order valence-electron chi connectivity index (χ3n) is 5.11. The second-order valence-electron chi connectivity index (χ2n) is 6.67. The van der Waals surface area contributed by atoms with Crippen LogP contribution in [0.3, 0.4) is 0 Å². The first-order valence-corrected chi connectivity index (χ1v) is 8.62. The molecule has 1 fully saturated rings. The summed E-state index contributed by atoms with van der Waals surface area (Å²) in [4.78, 5) is 14.6. The van der Waals surface area contributed by atoms with Crippen molar-refractivity contribution < 1.29 is 13.6 Å². The van der Waals surface area contributed by atoms with Gasteiger partial charge in [0.2, 0.25) is 5.91 Å². The van der Waals surface area contributed by atoms with E-state index in [1.807, 2.05) is 30.5 Å². The van der Waals surface area contributed by atoms with E-state index in [-0.39, 0.29) is 30.4 Å². The van der Waals surface area contributed by atoms with Gasteiger partial charge in [-0.15, -0.1) is 0 Å². The second-order valence-corrected chi connectivity index (χ2v) is 6.67. The fourth-order valence-corrected chi connectivity index (χ4v) is 3.76. The Morgan fingerprint density at radius 1 is 1.32 bits per heavy atom. The number of hydrogen-bond acceptors (Lipinski definition) is 2. The maximum absolute atomic E-state index is 13.8. The van der Waals surface area contributed by atoms with E-state index in [0.29, 0.717) is 6.54 Å². The van der Waals surface area contributed by atoms with Crippen molar-refractivity contribution in [1.82, 2.24) is 14.7 Å². The minimum Gasteiger partial charge on any atom is -0.336 e. The Kier molecular flexibility index (Phi) is 4.88. The van der Waals surface area contributed by atoms with Crippen molar-refractivity contribution in [2.75, 3.05) is 6.54 Å². The van der Waals surface area contributed by atoms with Gasteiger partial charge in [-0.1, -0.05) is 12.1 Å². The molecule has 1 amide bonds. The zero-order chi connectivity index (χ0) is 18.1. The number of rotatable bonds is 4. The van der Waals surface area contributed by atoms with Crippen LogP contribution in [0.5, 0.6) is 0 Å². The molecule has 0 bridgehead atoms. The van der Waals surface area contributed by atoms with Gasteiger partial charge < -0.3 is 4.90 Å². The Balaban J connectivity index is 1.74. The van der Waals surface area contributed by atoms with Crippen LogP contribution >= 0.6 is 0 Å². The number of aryl methyl sites for hydroxylation is 3. The lowest BCUT2D eigenvalue weighted by atomic mass is 10.0. The molecule has 3 rings (SSSR count). The van der Waals surface area contributed by atoms with E-state index < -0.39 is 11.6 Å². The molecule has 0 N–H and O–H groups in total. The molecule has 134 valence electrons. The smallest absolute Gasteiger partial charge is 0.223 e. The van der Waals surface area contributed by atoms with Crippen molar-refractivity contribution in [2.45, 2.75) is 45.6 Å². The number of carbonyl (C=O) groups excluding carboxylic acids is 1. The summed E-state index contributed by atoms with van der Waals surface area (Å²) in [7, 11) is 1.90. The Morgan fingerprint density at radius 2 is 2.08 bits per heavy atom. The summed E-state index contributed by atoms with van der Waals surface area (Å²) in [6.45, 7) is 4.67. The zero-order valence-corrected chi connectivity index (χ0v) is 14.9. The van der Waals surface area contributed by atoms with E-state index in [0.717, 1.165) is 35.9 Å². The van der Waals surface area contributed by atoms with Crippen LogP contribution in [-0.4, -0.2) is 27.1 Å². The molecular weight excluding hydrogens is 324 g/mol. The third kappa shape index (κ3) is 3.30. The average Bonchev–Trinajstić information content (AvgIpc) is 3.13. The Morgan fingerprint density at radius 3 is 2.76 bits per heavy atom. The van der Waals surface area contributed by atoms with Crippen molar-refractivity contribution in [3.05, 3.63) is 52.3 Å². The van der Waals surface area contributed by atoms with Crippen molar-refractivity contribution in [2.24, 2.45) is 7.05 Å². The van der Waals surface area contributed by atoms with Crippen LogP contribution in [0.4, 0.5) is 8.78 Å². The number of hydrogen-bond donors (Lipinski definition) is 0. The highest BCUT2D eigenvalue weighted by Crippen LogP contribution is 2.35. The molecule has 0 saturated carbocycles. The Bertz CT molecular complexity index is 800. The molecule has 0 spiro atoms. The number of nitrogens with zero attached hydrogens (tertiary/aromatic N) is 3. The van der Waals surface area contributed by atoms with Gasteiger partial charge in [0.05, 0.1) is 11.7 Å². The molecule has 4 nitrogen and oxygen atoms in total. The topological polar surface area (TPSA) is 38.1 Å². The molecule has 1 aromatic heterocycles. The molecule has 1 aromatic carbocycles. The summed E-state index contributed by atoms with van der Waals surface area (Å²) in [6.07, 6.45) is 2.23. The van der Waals surface area contributed by atoms with E-state index >= 15 is 0 Å². The van der Waals surface area contributed by atoms with E-state index in [2.05, 4.69) is 5.10 Å². The zero-order valence-electron chi connectivity index (χ0n) is 14.9. The Hall–Kier alpha value is -2.24. The first-order chi connectivity index (χ1) is 11.9. The van der Waals surface area contributed by atoms with Crippen LogP contribution in [0.1, 0.15) is 47.8 Å². The lowest BCUT2D eigenvalue weighted by Crippen LogP contribution is -2.31. The van der Waals surface area contributed by atoms with Gasteiger partial charge in [-0.25, -0.2) is 8.78 Å². The summed E-state index contributed by atoms with van der Waals surface area (Å²) in [5, 5.41) is 4.45. The normalized spacial score (nSPS) is 17.3. The lowest BCUT2D eigenvalue weighted by molar-refractivity contribution is -0.132. The molecule has 0 unspecified atom stereocenters. The lowest BCUT2D eigenvalue weighted by Gasteiger charge is -2.25. The van der Waals surface area contributed by atoms with E-state index in [1.54, 1.807) is 0 Å². The first kappa shape index (κ1) is 17.6. The van der Waals surface area contributed by atoms with Crippen molar-refractivity contribution >= 4 is 5.91 Å². The molecule has 6 heteroatoms. The summed E-state index contributed by atoms with van der Waals surface area (Å²) in [5.41, 5.74) is 3.38. The minimum atomic E-state index is -0.870. The van der Waals surface area contributed by atoms with Crippen molar-refractivity contribution in [3.8, 4) is 0 Å². The average molecular weight is 347 g/mol. The predicted molar refractivity (Wildman–Crippen MR) is 91.0 cm³/mol. The van der Waals surface area contributed by atoms with Crippen LogP contribution in [-0.2, 0) is 18.3 Å². The largest absolute Gasteiger partial charge is 0.336 e. The van der Waals surface area contributed by atoms with Crippen molar-refractivity contribution in [1.29, 1.82) is 0 Å². The molecular formula is C19H23F2N3O. The number of benzene rings is 1. The second kappa shape index (κ2) is 6.94. The number of aromatic nitrogens is 2. The van der Waals surface area contributed by atoms with Gasteiger partial charge in [0.25, 0.3) is 0 Å². The summed E-state index contributed by atoms with van der Waals surface area (Å²) in [5.74, 6) is -1.74. The van der Waals surface area contributed by atoms with E-state index in [9.17, 15) is 13.6 Å². The van der Waals surface area contributed by atoms with E-state index in [1.165, 1.54) is 12.1 Å². The quantitative estimate of drug-likeness (QED) is 0.847. The molecule has 1 aliphatic rings. The third-order valence-corrected chi connectivity index (χ3v) is 5.11. The summed E-state index contributed by atoms with van der Waals surface area (Å²) >= 11 is 0. The molecule has 25 heavy (non-hydrogen) atoms. The number of halogens is 2. The molecule has 0 aliphatic carbocycles. The molecule has 2 aromatic rings. The van der Waals surface area contributed by atoms with Crippen LogP contribution < -0.4 is 0 Å². The highest BCUT2D eigenvalue weighted by molar-refractivity contribution is 5.77. The minimum absolute atomic E-state index is 0.0196. The van der Waals surface area contributed by atoms with Crippen LogP contribution in [0.2, 0.25) is 0 Å².